The maximum Gasteiger partial charge on any atom is 0.225 e. The number of hydrogen-bond donors (Lipinski definition) is 1. The minimum absolute atomic E-state index is 0.0403. The van der Waals surface area contributed by atoms with E-state index in [1.54, 1.807) is 6.07 Å². The molecule has 15 heavy (non-hydrogen) atoms. The van der Waals surface area contributed by atoms with E-state index in [2.05, 4.69) is 4.72 Å². The standard InChI is InChI=1S/C10H20N2O2S/c1-9(2,3)8-10(4,5)12-15(13,14)7-6-11/h12H,7-8H2,1-5H3. The Kier molecular flexibility index (Phi) is 4.32. The average Bonchev–Trinajstić information content (AvgIpc) is 1.74. The van der Waals surface area contributed by atoms with Crippen LogP contribution in [-0.2, 0) is 10.0 Å². The molecular weight excluding hydrogens is 212 g/mol. The molecule has 0 rings (SSSR count). The molecule has 0 aromatic heterocycles. The lowest BCUT2D eigenvalue weighted by molar-refractivity contribution is 0.269. The zero-order valence-corrected chi connectivity index (χ0v) is 10.9. The van der Waals surface area contributed by atoms with E-state index in [4.69, 9.17) is 5.26 Å². The summed E-state index contributed by atoms with van der Waals surface area (Å²) in [4.78, 5) is 0. The second kappa shape index (κ2) is 4.50. The molecule has 0 aliphatic heterocycles. The van der Waals surface area contributed by atoms with Gasteiger partial charge in [-0.3, -0.25) is 0 Å². The number of nitrogens with one attached hydrogen (secondary N) is 1. The first-order valence-electron chi connectivity index (χ1n) is 4.86. The van der Waals surface area contributed by atoms with Gasteiger partial charge in [0.1, 0.15) is 0 Å². The van der Waals surface area contributed by atoms with Crippen molar-refractivity contribution in [3.63, 3.8) is 0 Å². The Bertz CT molecular complexity index is 345. The SMILES string of the molecule is CC(C)(C)CC(C)(C)NS(=O)(=O)CC#N. The van der Waals surface area contributed by atoms with Gasteiger partial charge in [0.2, 0.25) is 10.0 Å². The summed E-state index contributed by atoms with van der Waals surface area (Å²) in [7, 11) is -3.47. The lowest BCUT2D eigenvalue weighted by atomic mass is 9.82. The Morgan fingerprint density at radius 1 is 1.20 bits per heavy atom. The van der Waals surface area contributed by atoms with Crippen LogP contribution in [0.4, 0.5) is 0 Å². The molecule has 0 aromatic carbocycles. The van der Waals surface area contributed by atoms with Crippen LogP contribution in [0.15, 0.2) is 0 Å². The minimum atomic E-state index is -3.47. The molecule has 0 radical (unpaired) electrons. The topological polar surface area (TPSA) is 70.0 Å². The van der Waals surface area contributed by atoms with Crippen LogP contribution >= 0.6 is 0 Å². The molecule has 0 fully saturated rings. The van der Waals surface area contributed by atoms with Crippen LogP contribution in [0, 0.1) is 16.7 Å². The fourth-order valence-electron chi connectivity index (χ4n) is 1.90. The highest BCUT2D eigenvalue weighted by Crippen LogP contribution is 2.27. The van der Waals surface area contributed by atoms with Crippen molar-refractivity contribution in [2.45, 2.75) is 46.6 Å². The van der Waals surface area contributed by atoms with Gasteiger partial charge in [0, 0.05) is 5.54 Å². The third kappa shape index (κ3) is 7.34. The summed E-state index contributed by atoms with van der Waals surface area (Å²) in [6, 6.07) is 1.64. The van der Waals surface area contributed by atoms with Gasteiger partial charge in [-0.05, 0) is 25.7 Å². The van der Waals surface area contributed by atoms with E-state index in [1.807, 2.05) is 34.6 Å². The lowest BCUT2D eigenvalue weighted by Crippen LogP contribution is -2.46. The fourth-order valence-corrected chi connectivity index (χ4v) is 3.06. The van der Waals surface area contributed by atoms with Gasteiger partial charge in [-0.15, -0.1) is 0 Å². The molecule has 0 saturated carbocycles. The molecule has 1 N–H and O–H groups in total. The van der Waals surface area contributed by atoms with Crippen molar-refractivity contribution >= 4 is 10.0 Å². The summed E-state index contributed by atoms with van der Waals surface area (Å²) in [5.41, 5.74) is -0.480. The third-order valence-corrected chi connectivity index (χ3v) is 3.03. The zero-order valence-electron chi connectivity index (χ0n) is 10.1. The number of nitrogens with zero attached hydrogens (tertiary/aromatic N) is 1. The van der Waals surface area contributed by atoms with E-state index in [0.29, 0.717) is 6.42 Å². The summed E-state index contributed by atoms with van der Waals surface area (Å²) in [5.74, 6) is -0.486. The summed E-state index contributed by atoms with van der Waals surface area (Å²) >= 11 is 0. The van der Waals surface area contributed by atoms with Crippen molar-refractivity contribution in [1.29, 1.82) is 5.26 Å². The first-order valence-corrected chi connectivity index (χ1v) is 6.51. The van der Waals surface area contributed by atoms with E-state index >= 15 is 0 Å². The molecule has 0 atom stereocenters. The monoisotopic (exact) mass is 232 g/mol. The summed E-state index contributed by atoms with van der Waals surface area (Å²) in [5, 5.41) is 8.36. The minimum Gasteiger partial charge on any atom is -0.211 e. The molecule has 0 bridgehead atoms. The maximum atomic E-state index is 11.4. The molecule has 5 heteroatoms. The van der Waals surface area contributed by atoms with Gasteiger partial charge in [0.15, 0.2) is 5.75 Å². The Balaban J connectivity index is 4.60. The average molecular weight is 232 g/mol. The van der Waals surface area contributed by atoms with Crippen LogP contribution in [0.2, 0.25) is 0 Å². The highest BCUT2D eigenvalue weighted by molar-refractivity contribution is 7.89. The van der Waals surface area contributed by atoms with Gasteiger partial charge in [-0.2, -0.15) is 5.26 Å². The van der Waals surface area contributed by atoms with E-state index in [0.717, 1.165) is 0 Å². The second-order valence-electron chi connectivity index (χ2n) is 5.64. The first-order chi connectivity index (χ1) is 6.47. The highest BCUT2D eigenvalue weighted by atomic mass is 32.2. The van der Waals surface area contributed by atoms with Gasteiger partial charge < -0.3 is 0 Å². The molecular formula is C10H20N2O2S. The number of nitriles is 1. The Morgan fingerprint density at radius 3 is 2.00 bits per heavy atom. The van der Waals surface area contributed by atoms with E-state index < -0.39 is 21.3 Å². The van der Waals surface area contributed by atoms with Crippen LogP contribution < -0.4 is 4.72 Å². The smallest absolute Gasteiger partial charge is 0.211 e. The molecule has 0 aromatic rings. The quantitative estimate of drug-likeness (QED) is 0.801. The zero-order chi connectivity index (χ0) is 12.3. The highest BCUT2D eigenvalue weighted by Gasteiger charge is 2.29. The van der Waals surface area contributed by atoms with Crippen molar-refractivity contribution < 1.29 is 8.42 Å². The van der Waals surface area contributed by atoms with Gasteiger partial charge >= 0.3 is 0 Å². The van der Waals surface area contributed by atoms with Crippen LogP contribution in [0.3, 0.4) is 0 Å². The van der Waals surface area contributed by atoms with Crippen LogP contribution in [-0.4, -0.2) is 19.7 Å². The Morgan fingerprint density at radius 2 is 1.67 bits per heavy atom. The second-order valence-corrected chi connectivity index (χ2v) is 7.36. The maximum absolute atomic E-state index is 11.4. The van der Waals surface area contributed by atoms with Crippen molar-refractivity contribution in [2.75, 3.05) is 5.75 Å². The van der Waals surface area contributed by atoms with Crippen molar-refractivity contribution in [3.8, 4) is 6.07 Å². The molecule has 0 spiro atoms. The molecule has 0 aliphatic carbocycles. The van der Waals surface area contributed by atoms with Crippen LogP contribution in [0.1, 0.15) is 41.0 Å². The molecule has 0 amide bonds. The Hall–Kier alpha value is -0.600. The van der Waals surface area contributed by atoms with Crippen molar-refractivity contribution in [1.82, 2.24) is 4.72 Å². The molecule has 4 nitrogen and oxygen atoms in total. The largest absolute Gasteiger partial charge is 0.225 e. The third-order valence-electron chi connectivity index (χ3n) is 1.66. The predicted molar refractivity (Wildman–Crippen MR) is 60.7 cm³/mol. The number of rotatable bonds is 4. The Labute approximate surface area is 92.7 Å². The van der Waals surface area contributed by atoms with E-state index in [-0.39, 0.29) is 5.41 Å². The number of sulfonamides is 1. The summed E-state index contributed by atoms with van der Waals surface area (Å²) < 4.78 is 25.3. The lowest BCUT2D eigenvalue weighted by Gasteiger charge is -2.32. The van der Waals surface area contributed by atoms with Gasteiger partial charge in [0.05, 0.1) is 6.07 Å². The predicted octanol–water partition coefficient (Wildman–Crippen LogP) is 1.64. The molecule has 0 saturated heterocycles. The fraction of sp³-hybridized carbons (Fsp3) is 0.900. The summed E-state index contributed by atoms with van der Waals surface area (Å²) in [6.45, 7) is 9.80. The number of hydrogen-bond acceptors (Lipinski definition) is 3. The molecule has 0 aliphatic rings. The van der Waals surface area contributed by atoms with E-state index in [1.165, 1.54) is 0 Å². The molecule has 0 unspecified atom stereocenters. The van der Waals surface area contributed by atoms with Crippen LogP contribution in [0.25, 0.3) is 0 Å². The van der Waals surface area contributed by atoms with Gasteiger partial charge in [-0.25, -0.2) is 13.1 Å². The van der Waals surface area contributed by atoms with Crippen molar-refractivity contribution in [3.05, 3.63) is 0 Å². The van der Waals surface area contributed by atoms with Crippen LogP contribution in [0.5, 0.6) is 0 Å². The van der Waals surface area contributed by atoms with Gasteiger partial charge in [0.25, 0.3) is 0 Å². The first kappa shape index (κ1) is 14.4. The van der Waals surface area contributed by atoms with Gasteiger partial charge in [-0.1, -0.05) is 20.8 Å². The van der Waals surface area contributed by atoms with Crippen molar-refractivity contribution in [2.24, 2.45) is 5.41 Å². The summed E-state index contributed by atoms with van der Waals surface area (Å²) in [6.07, 6.45) is 0.713. The molecule has 88 valence electrons. The molecule has 0 heterocycles. The van der Waals surface area contributed by atoms with E-state index in [9.17, 15) is 8.42 Å². The normalized spacial score (nSPS) is 13.6.